The van der Waals surface area contributed by atoms with Crippen LogP contribution >= 0.6 is 0 Å². The molecule has 0 saturated heterocycles. The highest BCUT2D eigenvalue weighted by atomic mass is 16.5. The molecule has 0 aliphatic carbocycles. The van der Waals surface area contributed by atoms with Gasteiger partial charge in [0.1, 0.15) is 17.2 Å². The number of ether oxygens (including phenoxy) is 3. The van der Waals surface area contributed by atoms with Crippen molar-refractivity contribution in [3.63, 3.8) is 0 Å². The summed E-state index contributed by atoms with van der Waals surface area (Å²) in [4.78, 5) is 12.2. The zero-order chi connectivity index (χ0) is 17.5. The van der Waals surface area contributed by atoms with Crippen LogP contribution < -0.4 is 19.5 Å². The van der Waals surface area contributed by atoms with E-state index in [4.69, 9.17) is 14.2 Å². The first-order chi connectivity index (χ1) is 11.5. The van der Waals surface area contributed by atoms with E-state index in [9.17, 15) is 4.79 Å². The average molecular weight is 329 g/mol. The number of anilines is 1. The van der Waals surface area contributed by atoms with Crippen molar-refractivity contribution >= 4 is 11.6 Å². The molecule has 2 rings (SSSR count). The Bertz CT molecular complexity index is 650. The van der Waals surface area contributed by atoms with Gasteiger partial charge in [-0.3, -0.25) is 4.79 Å². The fourth-order valence-electron chi connectivity index (χ4n) is 2.04. The average Bonchev–Trinajstić information content (AvgIpc) is 2.56. The fraction of sp³-hybridized carbons (Fsp3) is 0.316. The quantitative estimate of drug-likeness (QED) is 0.837. The van der Waals surface area contributed by atoms with E-state index in [0.29, 0.717) is 11.4 Å². The van der Waals surface area contributed by atoms with Crippen LogP contribution in [0, 0.1) is 0 Å². The first kappa shape index (κ1) is 17.7. The molecule has 1 atom stereocenters. The van der Waals surface area contributed by atoms with Gasteiger partial charge in [0.15, 0.2) is 6.10 Å². The van der Waals surface area contributed by atoms with Gasteiger partial charge in [-0.25, -0.2) is 0 Å². The van der Waals surface area contributed by atoms with Gasteiger partial charge in [-0.2, -0.15) is 0 Å². The van der Waals surface area contributed by atoms with E-state index < -0.39 is 6.10 Å². The molecule has 0 aliphatic rings. The van der Waals surface area contributed by atoms with Gasteiger partial charge in [0.25, 0.3) is 5.91 Å². The molecule has 128 valence electrons. The molecule has 1 N–H and O–H groups in total. The van der Waals surface area contributed by atoms with Gasteiger partial charge in [0, 0.05) is 5.69 Å². The zero-order valence-corrected chi connectivity index (χ0v) is 14.4. The Kier molecular flexibility index (Phi) is 6.07. The van der Waals surface area contributed by atoms with Crippen molar-refractivity contribution in [3.8, 4) is 17.2 Å². The Morgan fingerprint density at radius 3 is 1.88 bits per heavy atom. The van der Waals surface area contributed by atoms with Crippen LogP contribution in [0.5, 0.6) is 17.2 Å². The third kappa shape index (κ3) is 5.19. The highest BCUT2D eigenvalue weighted by Gasteiger charge is 2.15. The van der Waals surface area contributed by atoms with Gasteiger partial charge >= 0.3 is 0 Å². The van der Waals surface area contributed by atoms with E-state index >= 15 is 0 Å². The van der Waals surface area contributed by atoms with E-state index in [2.05, 4.69) is 5.32 Å². The van der Waals surface area contributed by atoms with Crippen LogP contribution in [0.15, 0.2) is 48.5 Å². The predicted octanol–water partition coefficient (Wildman–Crippen LogP) is 3.89. The Morgan fingerprint density at radius 1 is 0.833 bits per heavy atom. The molecule has 0 heterocycles. The number of nitrogens with one attached hydrogen (secondary N) is 1. The molecule has 5 heteroatoms. The Balaban J connectivity index is 1.90. The molecule has 0 fully saturated rings. The summed E-state index contributed by atoms with van der Waals surface area (Å²) >= 11 is 0. The van der Waals surface area contributed by atoms with Crippen molar-refractivity contribution < 1.29 is 19.0 Å². The van der Waals surface area contributed by atoms with Gasteiger partial charge < -0.3 is 19.5 Å². The number of carbonyl (C=O) groups is 1. The molecule has 5 nitrogen and oxygen atoms in total. The second-order valence-electron chi connectivity index (χ2n) is 5.62. The second kappa shape index (κ2) is 8.24. The highest BCUT2D eigenvalue weighted by molar-refractivity contribution is 5.94. The predicted molar refractivity (Wildman–Crippen MR) is 93.9 cm³/mol. The first-order valence-corrected chi connectivity index (χ1v) is 7.86. The van der Waals surface area contributed by atoms with Crippen LogP contribution in [-0.4, -0.2) is 25.2 Å². The third-order valence-corrected chi connectivity index (χ3v) is 3.24. The number of benzene rings is 2. The third-order valence-electron chi connectivity index (χ3n) is 3.24. The molecule has 0 unspecified atom stereocenters. The van der Waals surface area contributed by atoms with Crippen LogP contribution in [0.25, 0.3) is 0 Å². The molecular formula is C19H23NO4. The molecule has 0 bridgehead atoms. The minimum atomic E-state index is -0.620. The summed E-state index contributed by atoms with van der Waals surface area (Å²) in [6, 6.07) is 14.3. The lowest BCUT2D eigenvalue weighted by molar-refractivity contribution is -0.122. The van der Waals surface area contributed by atoms with Gasteiger partial charge in [-0.05, 0) is 69.3 Å². The number of hydrogen-bond acceptors (Lipinski definition) is 4. The van der Waals surface area contributed by atoms with Crippen molar-refractivity contribution in [1.82, 2.24) is 0 Å². The zero-order valence-electron chi connectivity index (χ0n) is 14.4. The number of methoxy groups -OCH3 is 1. The van der Waals surface area contributed by atoms with E-state index in [1.165, 1.54) is 0 Å². The monoisotopic (exact) mass is 329 g/mol. The molecule has 0 aromatic heterocycles. The topological polar surface area (TPSA) is 56.8 Å². The largest absolute Gasteiger partial charge is 0.497 e. The summed E-state index contributed by atoms with van der Waals surface area (Å²) in [6.07, 6.45) is -0.506. The van der Waals surface area contributed by atoms with Crippen LogP contribution in [0.3, 0.4) is 0 Å². The summed E-state index contributed by atoms with van der Waals surface area (Å²) < 4.78 is 16.3. The SMILES string of the molecule is COc1ccc(O[C@H](C)C(=O)Nc2ccc(OC(C)C)cc2)cc1. The van der Waals surface area contributed by atoms with Crippen molar-refractivity contribution in [1.29, 1.82) is 0 Å². The maximum Gasteiger partial charge on any atom is 0.265 e. The minimum Gasteiger partial charge on any atom is -0.497 e. The Hall–Kier alpha value is -2.69. The van der Waals surface area contributed by atoms with Crippen LogP contribution in [0.1, 0.15) is 20.8 Å². The molecule has 1 amide bonds. The lowest BCUT2D eigenvalue weighted by Gasteiger charge is -2.15. The summed E-state index contributed by atoms with van der Waals surface area (Å²) in [5.74, 6) is 1.90. The van der Waals surface area contributed by atoms with Crippen LogP contribution in [-0.2, 0) is 4.79 Å². The summed E-state index contributed by atoms with van der Waals surface area (Å²) in [5.41, 5.74) is 0.696. The lowest BCUT2D eigenvalue weighted by atomic mass is 10.2. The summed E-state index contributed by atoms with van der Waals surface area (Å²) in [5, 5.41) is 2.82. The van der Waals surface area contributed by atoms with Gasteiger partial charge in [0.05, 0.1) is 13.2 Å². The number of carbonyl (C=O) groups excluding carboxylic acids is 1. The van der Waals surface area contributed by atoms with Crippen molar-refractivity contribution in [2.45, 2.75) is 33.0 Å². The van der Waals surface area contributed by atoms with Gasteiger partial charge in [-0.1, -0.05) is 0 Å². The van der Waals surface area contributed by atoms with Gasteiger partial charge in [0.2, 0.25) is 0 Å². The minimum absolute atomic E-state index is 0.114. The van der Waals surface area contributed by atoms with Crippen molar-refractivity contribution in [2.75, 3.05) is 12.4 Å². The Morgan fingerprint density at radius 2 is 1.33 bits per heavy atom. The molecule has 2 aromatic rings. The van der Waals surface area contributed by atoms with Gasteiger partial charge in [-0.15, -0.1) is 0 Å². The van der Waals surface area contributed by atoms with E-state index in [1.54, 1.807) is 50.4 Å². The van der Waals surface area contributed by atoms with Crippen LogP contribution in [0.2, 0.25) is 0 Å². The van der Waals surface area contributed by atoms with E-state index in [1.807, 2.05) is 26.0 Å². The fourth-order valence-corrected chi connectivity index (χ4v) is 2.04. The summed E-state index contributed by atoms with van der Waals surface area (Å²) in [7, 11) is 1.60. The molecule has 0 spiro atoms. The number of rotatable bonds is 7. The number of amides is 1. The normalized spacial score (nSPS) is 11.7. The smallest absolute Gasteiger partial charge is 0.265 e. The molecular weight excluding hydrogens is 306 g/mol. The van der Waals surface area contributed by atoms with E-state index in [0.717, 1.165) is 11.5 Å². The lowest BCUT2D eigenvalue weighted by Crippen LogP contribution is -2.30. The van der Waals surface area contributed by atoms with Crippen LogP contribution in [0.4, 0.5) is 5.69 Å². The van der Waals surface area contributed by atoms with Crippen molar-refractivity contribution in [3.05, 3.63) is 48.5 Å². The maximum absolute atomic E-state index is 12.2. The molecule has 0 aliphatic heterocycles. The molecule has 24 heavy (non-hydrogen) atoms. The van der Waals surface area contributed by atoms with Crippen molar-refractivity contribution in [2.24, 2.45) is 0 Å². The molecule has 2 aromatic carbocycles. The van der Waals surface area contributed by atoms with E-state index in [-0.39, 0.29) is 12.0 Å². The second-order valence-corrected chi connectivity index (χ2v) is 5.62. The highest BCUT2D eigenvalue weighted by Crippen LogP contribution is 2.20. The summed E-state index contributed by atoms with van der Waals surface area (Å²) in [6.45, 7) is 5.64. The first-order valence-electron chi connectivity index (χ1n) is 7.86. The number of hydrogen-bond donors (Lipinski definition) is 1. The Labute approximate surface area is 142 Å². The molecule has 0 radical (unpaired) electrons. The standard InChI is InChI=1S/C19H23NO4/c1-13(2)23-17-7-5-15(6-8-17)20-19(21)14(3)24-18-11-9-16(22-4)10-12-18/h5-14H,1-4H3,(H,20,21)/t14-/m1/s1. The maximum atomic E-state index is 12.2. The molecule has 0 saturated carbocycles.